The fraction of sp³-hybridized carbons (Fsp3) is 0.240. The van der Waals surface area contributed by atoms with Crippen molar-refractivity contribution in [1.82, 2.24) is 9.38 Å². The lowest BCUT2D eigenvalue weighted by Crippen LogP contribution is -2.26. The SMILES string of the molecule is CC(C)Oc1ccc(-c2ccc3ncc(-c4ccc(OC(C)(C)O)cc4)n3c2)cc1. The Morgan fingerprint density at radius 1 is 0.833 bits per heavy atom. The third-order valence-electron chi connectivity index (χ3n) is 4.58. The molecule has 5 heteroatoms. The minimum atomic E-state index is -1.21. The van der Waals surface area contributed by atoms with E-state index in [1.54, 1.807) is 13.8 Å². The molecule has 0 atom stereocenters. The van der Waals surface area contributed by atoms with E-state index in [-0.39, 0.29) is 6.10 Å². The van der Waals surface area contributed by atoms with E-state index < -0.39 is 5.79 Å². The van der Waals surface area contributed by atoms with Crippen molar-refractivity contribution in [2.45, 2.75) is 39.6 Å². The first-order chi connectivity index (χ1) is 14.3. The minimum absolute atomic E-state index is 0.154. The highest BCUT2D eigenvalue weighted by atomic mass is 16.6. The Bertz CT molecular complexity index is 1140. The van der Waals surface area contributed by atoms with E-state index >= 15 is 0 Å². The number of aliphatic hydroxyl groups is 1. The van der Waals surface area contributed by atoms with Crippen molar-refractivity contribution in [3.05, 3.63) is 73.1 Å². The van der Waals surface area contributed by atoms with E-state index in [9.17, 15) is 5.11 Å². The summed E-state index contributed by atoms with van der Waals surface area (Å²) in [4.78, 5) is 4.53. The van der Waals surface area contributed by atoms with Crippen molar-refractivity contribution in [3.8, 4) is 33.9 Å². The average Bonchev–Trinajstić information content (AvgIpc) is 3.11. The summed E-state index contributed by atoms with van der Waals surface area (Å²) in [5.41, 5.74) is 5.09. The minimum Gasteiger partial charge on any atom is -0.491 e. The van der Waals surface area contributed by atoms with Gasteiger partial charge in [0.25, 0.3) is 0 Å². The van der Waals surface area contributed by atoms with Gasteiger partial charge in [0, 0.05) is 25.6 Å². The summed E-state index contributed by atoms with van der Waals surface area (Å²) >= 11 is 0. The molecule has 0 aliphatic rings. The van der Waals surface area contributed by atoms with Gasteiger partial charge in [-0.05, 0) is 73.5 Å². The molecule has 4 rings (SSSR count). The smallest absolute Gasteiger partial charge is 0.202 e. The lowest BCUT2D eigenvalue weighted by molar-refractivity contribution is -0.104. The third-order valence-corrected chi connectivity index (χ3v) is 4.58. The van der Waals surface area contributed by atoms with Crippen molar-refractivity contribution < 1.29 is 14.6 Å². The summed E-state index contributed by atoms with van der Waals surface area (Å²) in [5.74, 6) is 0.270. The molecule has 0 radical (unpaired) electrons. The standard InChI is InChI=1S/C25H26N2O3/c1-17(2)29-21-10-5-18(6-11-21)20-9-14-24-26-15-23(27(24)16-20)19-7-12-22(13-8-19)30-25(3,4)28/h5-17,28H,1-4H3. The number of imidazole rings is 1. The van der Waals surface area contributed by atoms with Crippen LogP contribution < -0.4 is 9.47 Å². The molecule has 0 amide bonds. The molecule has 154 valence electrons. The maximum Gasteiger partial charge on any atom is 0.202 e. The highest BCUT2D eigenvalue weighted by Gasteiger charge is 2.14. The normalized spacial score (nSPS) is 11.8. The fourth-order valence-corrected chi connectivity index (χ4v) is 3.35. The molecular formula is C25H26N2O3. The monoisotopic (exact) mass is 402 g/mol. The zero-order valence-electron chi connectivity index (χ0n) is 17.7. The van der Waals surface area contributed by atoms with Crippen LogP contribution in [0.3, 0.4) is 0 Å². The van der Waals surface area contributed by atoms with E-state index in [0.717, 1.165) is 33.8 Å². The van der Waals surface area contributed by atoms with Crippen molar-refractivity contribution >= 4 is 5.65 Å². The van der Waals surface area contributed by atoms with Crippen LogP contribution >= 0.6 is 0 Å². The van der Waals surface area contributed by atoms with Crippen molar-refractivity contribution in [2.75, 3.05) is 0 Å². The highest BCUT2D eigenvalue weighted by molar-refractivity contribution is 5.69. The van der Waals surface area contributed by atoms with Gasteiger partial charge in [-0.2, -0.15) is 0 Å². The number of hydrogen-bond donors (Lipinski definition) is 1. The molecule has 1 N–H and O–H groups in total. The predicted octanol–water partition coefficient (Wildman–Crippen LogP) is 5.56. The second-order valence-electron chi connectivity index (χ2n) is 8.05. The Balaban J connectivity index is 1.65. The molecule has 0 saturated carbocycles. The Morgan fingerprint density at radius 2 is 1.43 bits per heavy atom. The summed E-state index contributed by atoms with van der Waals surface area (Å²) in [7, 11) is 0. The Labute approximate surface area is 176 Å². The molecule has 0 spiro atoms. The van der Waals surface area contributed by atoms with Crippen LogP contribution in [-0.2, 0) is 0 Å². The van der Waals surface area contributed by atoms with Gasteiger partial charge in [-0.25, -0.2) is 4.98 Å². The van der Waals surface area contributed by atoms with E-state index in [0.29, 0.717) is 5.75 Å². The zero-order chi connectivity index (χ0) is 21.3. The second-order valence-corrected chi connectivity index (χ2v) is 8.05. The molecule has 0 unspecified atom stereocenters. The van der Waals surface area contributed by atoms with Gasteiger partial charge in [-0.3, -0.25) is 4.40 Å². The molecule has 2 aromatic carbocycles. The number of rotatable bonds is 6. The summed E-state index contributed by atoms with van der Waals surface area (Å²) in [5, 5.41) is 9.82. The van der Waals surface area contributed by atoms with Crippen LogP contribution in [0.5, 0.6) is 11.5 Å². The number of pyridine rings is 1. The number of fused-ring (bicyclic) bond motifs is 1. The second kappa shape index (κ2) is 7.84. The lowest BCUT2D eigenvalue weighted by atomic mass is 10.1. The first-order valence-electron chi connectivity index (χ1n) is 10.0. The molecule has 0 bridgehead atoms. The van der Waals surface area contributed by atoms with E-state index in [2.05, 4.69) is 33.8 Å². The first kappa shape index (κ1) is 20.0. The van der Waals surface area contributed by atoms with Gasteiger partial charge in [0.05, 0.1) is 18.0 Å². The van der Waals surface area contributed by atoms with Gasteiger partial charge >= 0.3 is 0 Å². The van der Waals surface area contributed by atoms with Crippen LogP contribution in [0.2, 0.25) is 0 Å². The number of aromatic nitrogens is 2. The van der Waals surface area contributed by atoms with Crippen LogP contribution in [0.1, 0.15) is 27.7 Å². The molecule has 0 aliphatic heterocycles. The summed E-state index contributed by atoms with van der Waals surface area (Å²) in [6.07, 6.45) is 4.11. The topological polar surface area (TPSA) is 56.0 Å². The quantitative estimate of drug-likeness (QED) is 0.429. The molecular weight excluding hydrogens is 376 g/mol. The van der Waals surface area contributed by atoms with Crippen molar-refractivity contribution in [2.24, 2.45) is 0 Å². The summed E-state index contributed by atoms with van der Waals surface area (Å²) in [6, 6.07) is 19.9. The van der Waals surface area contributed by atoms with Gasteiger partial charge in [-0.1, -0.05) is 12.1 Å². The molecule has 4 aromatic rings. The van der Waals surface area contributed by atoms with Crippen LogP contribution in [-0.4, -0.2) is 26.4 Å². The van der Waals surface area contributed by atoms with Gasteiger partial charge in [-0.15, -0.1) is 0 Å². The number of ether oxygens (including phenoxy) is 2. The Hall–Kier alpha value is -3.31. The third kappa shape index (κ3) is 4.47. The van der Waals surface area contributed by atoms with Crippen molar-refractivity contribution in [3.63, 3.8) is 0 Å². The molecule has 30 heavy (non-hydrogen) atoms. The highest BCUT2D eigenvalue weighted by Crippen LogP contribution is 2.28. The van der Waals surface area contributed by atoms with Crippen molar-refractivity contribution in [1.29, 1.82) is 0 Å². The Kier molecular flexibility index (Phi) is 5.22. The molecule has 0 fully saturated rings. The van der Waals surface area contributed by atoms with E-state index in [1.165, 1.54) is 0 Å². The van der Waals surface area contributed by atoms with E-state index in [4.69, 9.17) is 9.47 Å². The largest absolute Gasteiger partial charge is 0.491 e. The average molecular weight is 402 g/mol. The number of benzene rings is 2. The predicted molar refractivity (Wildman–Crippen MR) is 119 cm³/mol. The molecule has 0 saturated heterocycles. The maximum absolute atomic E-state index is 9.82. The van der Waals surface area contributed by atoms with E-state index in [1.807, 2.05) is 62.5 Å². The van der Waals surface area contributed by atoms with Crippen LogP contribution in [0, 0.1) is 0 Å². The fourth-order valence-electron chi connectivity index (χ4n) is 3.35. The molecule has 2 aromatic heterocycles. The van der Waals surface area contributed by atoms with Crippen LogP contribution in [0.25, 0.3) is 28.0 Å². The van der Waals surface area contributed by atoms with Gasteiger partial charge in [0.1, 0.15) is 17.1 Å². The summed E-state index contributed by atoms with van der Waals surface area (Å²) < 4.78 is 13.3. The summed E-state index contributed by atoms with van der Waals surface area (Å²) in [6.45, 7) is 7.25. The maximum atomic E-state index is 9.82. The molecule has 0 aliphatic carbocycles. The van der Waals surface area contributed by atoms with Gasteiger partial charge < -0.3 is 14.6 Å². The van der Waals surface area contributed by atoms with Crippen LogP contribution in [0.15, 0.2) is 73.1 Å². The van der Waals surface area contributed by atoms with Gasteiger partial charge in [0.2, 0.25) is 5.79 Å². The number of nitrogens with zero attached hydrogens (tertiary/aromatic N) is 2. The van der Waals surface area contributed by atoms with Gasteiger partial charge in [0.15, 0.2) is 0 Å². The van der Waals surface area contributed by atoms with Crippen LogP contribution in [0.4, 0.5) is 0 Å². The Morgan fingerprint density at radius 3 is 2.07 bits per heavy atom. The molecule has 2 heterocycles. The molecule has 5 nitrogen and oxygen atoms in total. The lowest BCUT2D eigenvalue weighted by Gasteiger charge is -2.19. The zero-order valence-corrected chi connectivity index (χ0v) is 17.7. The first-order valence-corrected chi connectivity index (χ1v) is 10.0. The number of hydrogen-bond acceptors (Lipinski definition) is 4.